The third-order valence-electron chi connectivity index (χ3n) is 2.14. The number of aromatic nitrogens is 2. The molecule has 1 aliphatic rings. The minimum atomic E-state index is -0.464. The monoisotopic (exact) mass is 209 g/mol. The molecule has 2 rings (SSSR count). The second kappa shape index (κ2) is 4.12. The Morgan fingerprint density at radius 2 is 2.40 bits per heavy atom. The maximum atomic E-state index is 5.64. The van der Waals surface area contributed by atoms with Crippen LogP contribution in [0.1, 0.15) is 13.8 Å². The van der Waals surface area contributed by atoms with Crippen LogP contribution in [0, 0.1) is 0 Å². The molecule has 2 heterocycles. The molecule has 0 spiro atoms. The molecule has 1 aromatic heterocycles. The highest BCUT2D eigenvalue weighted by Crippen LogP contribution is 2.22. The molecule has 1 aromatic rings. The van der Waals surface area contributed by atoms with Gasteiger partial charge in [0.25, 0.3) is 0 Å². The molecule has 82 valence electrons. The summed E-state index contributed by atoms with van der Waals surface area (Å²) >= 11 is 0. The van der Waals surface area contributed by atoms with Crippen LogP contribution in [0.5, 0.6) is 0 Å². The fourth-order valence-electron chi connectivity index (χ4n) is 1.47. The Morgan fingerprint density at radius 3 is 3.00 bits per heavy atom. The van der Waals surface area contributed by atoms with Crippen molar-refractivity contribution in [1.29, 1.82) is 0 Å². The van der Waals surface area contributed by atoms with Gasteiger partial charge in [0.05, 0.1) is 12.8 Å². The van der Waals surface area contributed by atoms with E-state index in [4.69, 9.17) is 9.47 Å². The smallest absolute Gasteiger partial charge is 0.163 e. The van der Waals surface area contributed by atoms with Crippen molar-refractivity contribution >= 4 is 5.82 Å². The zero-order valence-corrected chi connectivity index (χ0v) is 8.93. The quantitative estimate of drug-likeness (QED) is 0.806. The maximum absolute atomic E-state index is 5.64. The first-order valence-electron chi connectivity index (χ1n) is 4.97. The Balaban J connectivity index is 1.80. The molecule has 0 aliphatic carbocycles. The lowest BCUT2D eigenvalue weighted by molar-refractivity contribution is -0.136. The molecule has 1 saturated heterocycles. The summed E-state index contributed by atoms with van der Waals surface area (Å²) in [4.78, 5) is 8.07. The second-order valence-corrected chi connectivity index (χ2v) is 3.92. The van der Waals surface area contributed by atoms with Crippen LogP contribution in [0.15, 0.2) is 18.6 Å². The molecule has 0 bridgehead atoms. The number of hydrogen-bond acceptors (Lipinski definition) is 5. The zero-order valence-electron chi connectivity index (χ0n) is 8.93. The zero-order chi connectivity index (χ0) is 10.7. The molecule has 1 aliphatic heterocycles. The van der Waals surface area contributed by atoms with Crippen LogP contribution in [0.25, 0.3) is 0 Å². The Bertz CT molecular complexity index is 316. The molecule has 0 aromatic carbocycles. The van der Waals surface area contributed by atoms with E-state index in [-0.39, 0.29) is 6.10 Å². The summed E-state index contributed by atoms with van der Waals surface area (Å²) in [6.45, 7) is 5.12. The summed E-state index contributed by atoms with van der Waals surface area (Å²) in [5.74, 6) is 0.292. The largest absolute Gasteiger partial charge is 0.366 e. The topological polar surface area (TPSA) is 56.3 Å². The molecule has 1 fully saturated rings. The maximum Gasteiger partial charge on any atom is 0.163 e. The minimum Gasteiger partial charge on any atom is -0.366 e. The van der Waals surface area contributed by atoms with Crippen molar-refractivity contribution in [2.45, 2.75) is 25.7 Å². The van der Waals surface area contributed by atoms with E-state index < -0.39 is 5.79 Å². The van der Waals surface area contributed by atoms with E-state index in [0.29, 0.717) is 13.2 Å². The highest BCUT2D eigenvalue weighted by atomic mass is 16.7. The van der Waals surface area contributed by atoms with Crippen LogP contribution in [0.4, 0.5) is 5.82 Å². The van der Waals surface area contributed by atoms with Crippen molar-refractivity contribution in [3.8, 4) is 0 Å². The van der Waals surface area contributed by atoms with Gasteiger partial charge >= 0.3 is 0 Å². The highest BCUT2D eigenvalue weighted by Gasteiger charge is 2.32. The third-order valence-corrected chi connectivity index (χ3v) is 2.14. The van der Waals surface area contributed by atoms with Crippen LogP contribution in [0.3, 0.4) is 0 Å². The molecule has 1 atom stereocenters. The standard InChI is InChI=1S/C10H15N3O2/c1-10(2)14-7-8(15-10)5-13-9-6-11-3-4-12-9/h3-4,6,8H,5,7H2,1-2H3,(H,12,13). The Morgan fingerprint density at radius 1 is 1.53 bits per heavy atom. The third kappa shape index (κ3) is 2.87. The number of rotatable bonds is 3. The van der Waals surface area contributed by atoms with E-state index in [0.717, 1.165) is 5.82 Å². The fourth-order valence-corrected chi connectivity index (χ4v) is 1.47. The van der Waals surface area contributed by atoms with Crippen LogP contribution < -0.4 is 5.32 Å². The van der Waals surface area contributed by atoms with Crippen molar-refractivity contribution in [2.24, 2.45) is 0 Å². The number of anilines is 1. The van der Waals surface area contributed by atoms with Crippen molar-refractivity contribution in [2.75, 3.05) is 18.5 Å². The summed E-state index contributed by atoms with van der Waals surface area (Å²) < 4.78 is 11.1. The van der Waals surface area contributed by atoms with E-state index in [9.17, 15) is 0 Å². The van der Waals surface area contributed by atoms with Gasteiger partial charge in [0.1, 0.15) is 11.9 Å². The van der Waals surface area contributed by atoms with Crippen LogP contribution >= 0.6 is 0 Å². The normalized spacial score (nSPS) is 24.0. The molecule has 0 amide bonds. The molecular formula is C10H15N3O2. The minimum absolute atomic E-state index is 0.0713. The molecule has 15 heavy (non-hydrogen) atoms. The molecule has 0 saturated carbocycles. The van der Waals surface area contributed by atoms with Gasteiger partial charge in [0, 0.05) is 18.9 Å². The van der Waals surface area contributed by atoms with Crippen LogP contribution in [-0.2, 0) is 9.47 Å². The predicted octanol–water partition coefficient (Wildman–Crippen LogP) is 1.04. The van der Waals surface area contributed by atoms with Crippen molar-refractivity contribution in [3.63, 3.8) is 0 Å². The molecule has 5 heteroatoms. The van der Waals surface area contributed by atoms with Gasteiger partial charge in [0.15, 0.2) is 5.79 Å². The van der Waals surface area contributed by atoms with Crippen LogP contribution in [-0.4, -0.2) is 35.0 Å². The first-order chi connectivity index (χ1) is 7.16. The lowest BCUT2D eigenvalue weighted by Crippen LogP contribution is -2.26. The van der Waals surface area contributed by atoms with Gasteiger partial charge in [0.2, 0.25) is 0 Å². The predicted molar refractivity (Wildman–Crippen MR) is 55.4 cm³/mol. The number of nitrogens with one attached hydrogen (secondary N) is 1. The average Bonchev–Trinajstić information content (AvgIpc) is 2.57. The van der Waals surface area contributed by atoms with Crippen molar-refractivity contribution in [1.82, 2.24) is 9.97 Å². The molecule has 0 radical (unpaired) electrons. The summed E-state index contributed by atoms with van der Waals surface area (Å²) in [7, 11) is 0. The molecule has 5 nitrogen and oxygen atoms in total. The molecule has 1 N–H and O–H groups in total. The van der Waals surface area contributed by atoms with Gasteiger partial charge in [-0.3, -0.25) is 4.98 Å². The van der Waals surface area contributed by atoms with Gasteiger partial charge in [-0.05, 0) is 13.8 Å². The lowest BCUT2D eigenvalue weighted by atomic mass is 10.3. The van der Waals surface area contributed by atoms with Crippen molar-refractivity contribution < 1.29 is 9.47 Å². The first kappa shape index (κ1) is 10.3. The number of nitrogens with zero attached hydrogens (tertiary/aromatic N) is 2. The van der Waals surface area contributed by atoms with E-state index >= 15 is 0 Å². The Labute approximate surface area is 88.8 Å². The second-order valence-electron chi connectivity index (χ2n) is 3.92. The summed E-state index contributed by atoms with van der Waals surface area (Å²) in [6, 6.07) is 0. The first-order valence-corrected chi connectivity index (χ1v) is 4.97. The van der Waals surface area contributed by atoms with E-state index in [1.807, 2.05) is 13.8 Å². The van der Waals surface area contributed by atoms with Gasteiger partial charge in [-0.15, -0.1) is 0 Å². The molecule has 1 unspecified atom stereocenters. The SMILES string of the molecule is CC1(C)OCC(CNc2cnccn2)O1. The summed E-state index contributed by atoms with van der Waals surface area (Å²) in [6.07, 6.45) is 5.05. The summed E-state index contributed by atoms with van der Waals surface area (Å²) in [5, 5.41) is 3.15. The van der Waals surface area contributed by atoms with E-state index in [1.165, 1.54) is 0 Å². The Kier molecular flexibility index (Phi) is 2.83. The average molecular weight is 209 g/mol. The highest BCUT2D eigenvalue weighted by molar-refractivity contribution is 5.29. The van der Waals surface area contributed by atoms with E-state index in [2.05, 4.69) is 15.3 Å². The van der Waals surface area contributed by atoms with Crippen LogP contribution in [0.2, 0.25) is 0 Å². The number of ether oxygens (including phenoxy) is 2. The van der Waals surface area contributed by atoms with E-state index in [1.54, 1.807) is 18.6 Å². The lowest BCUT2D eigenvalue weighted by Gasteiger charge is -2.17. The van der Waals surface area contributed by atoms with Gasteiger partial charge in [-0.2, -0.15) is 0 Å². The summed E-state index contributed by atoms with van der Waals surface area (Å²) in [5.41, 5.74) is 0. The van der Waals surface area contributed by atoms with Gasteiger partial charge < -0.3 is 14.8 Å². The van der Waals surface area contributed by atoms with Gasteiger partial charge in [-0.25, -0.2) is 4.98 Å². The van der Waals surface area contributed by atoms with Crippen molar-refractivity contribution in [3.05, 3.63) is 18.6 Å². The fraction of sp³-hybridized carbons (Fsp3) is 0.600. The van der Waals surface area contributed by atoms with Gasteiger partial charge in [-0.1, -0.05) is 0 Å². The molecular weight excluding hydrogens is 194 g/mol. The Hall–Kier alpha value is -1.20. The number of hydrogen-bond donors (Lipinski definition) is 1.